The maximum atomic E-state index is 12.9. The lowest BCUT2D eigenvalue weighted by Gasteiger charge is -2.30. The van der Waals surface area contributed by atoms with E-state index in [4.69, 9.17) is 11.6 Å². The molecule has 0 amide bonds. The van der Waals surface area contributed by atoms with Gasteiger partial charge in [0.25, 0.3) is 0 Å². The van der Waals surface area contributed by atoms with Crippen LogP contribution in [0.25, 0.3) is 10.9 Å². The fourth-order valence-electron chi connectivity index (χ4n) is 3.18. The van der Waals surface area contributed by atoms with Crippen LogP contribution in [0, 0.1) is 0 Å². The van der Waals surface area contributed by atoms with Gasteiger partial charge >= 0.3 is 0 Å². The maximum absolute atomic E-state index is 12.9. The third-order valence-electron chi connectivity index (χ3n) is 4.56. The normalized spacial score (nSPS) is 15.3. The lowest BCUT2D eigenvalue weighted by molar-refractivity contribution is 0.590. The SMILES string of the molecule is O=S(=O)(c1ccc(Cl)cc1)c1cnc2c(N3CCNCC3)cccc2c1. The summed E-state index contributed by atoms with van der Waals surface area (Å²) >= 11 is 5.86. The van der Waals surface area contributed by atoms with Crippen molar-refractivity contribution in [3.63, 3.8) is 0 Å². The van der Waals surface area contributed by atoms with Crippen molar-refractivity contribution < 1.29 is 8.42 Å². The second-order valence-corrected chi connectivity index (χ2v) is 8.60. The molecule has 1 saturated heterocycles. The number of anilines is 1. The molecule has 26 heavy (non-hydrogen) atoms. The first-order valence-electron chi connectivity index (χ1n) is 8.41. The molecule has 1 aliphatic rings. The Hall–Kier alpha value is -2.15. The standard InChI is InChI=1S/C19H18ClN3O2S/c20-15-4-6-16(7-5-15)26(24,25)17-12-14-2-1-3-18(19(14)22-13-17)23-10-8-21-9-11-23/h1-7,12-13,21H,8-11H2. The number of aromatic nitrogens is 1. The van der Waals surface area contributed by atoms with Crippen molar-refractivity contribution in [3.8, 4) is 0 Å². The van der Waals surface area contributed by atoms with Crippen molar-refractivity contribution in [2.75, 3.05) is 31.1 Å². The highest BCUT2D eigenvalue weighted by atomic mass is 35.5. The number of fused-ring (bicyclic) bond motifs is 1. The molecule has 5 nitrogen and oxygen atoms in total. The van der Waals surface area contributed by atoms with E-state index in [2.05, 4.69) is 15.2 Å². The number of para-hydroxylation sites is 1. The summed E-state index contributed by atoms with van der Waals surface area (Å²) in [5.41, 5.74) is 1.86. The predicted octanol–water partition coefficient (Wildman–Crippen LogP) is 3.13. The molecule has 0 spiro atoms. The van der Waals surface area contributed by atoms with Gasteiger partial charge in [0.05, 0.1) is 21.0 Å². The topological polar surface area (TPSA) is 62.3 Å². The van der Waals surface area contributed by atoms with Crippen LogP contribution in [0.3, 0.4) is 0 Å². The Balaban J connectivity index is 1.77. The van der Waals surface area contributed by atoms with Crippen LogP contribution >= 0.6 is 11.6 Å². The van der Waals surface area contributed by atoms with E-state index in [1.54, 1.807) is 18.2 Å². The molecule has 0 bridgehead atoms. The van der Waals surface area contributed by atoms with E-state index in [1.165, 1.54) is 18.3 Å². The quantitative estimate of drug-likeness (QED) is 0.748. The van der Waals surface area contributed by atoms with Crippen LogP contribution in [0.2, 0.25) is 5.02 Å². The number of nitrogens with one attached hydrogen (secondary N) is 1. The van der Waals surface area contributed by atoms with E-state index in [-0.39, 0.29) is 9.79 Å². The number of sulfone groups is 1. The van der Waals surface area contributed by atoms with Crippen LogP contribution in [-0.2, 0) is 9.84 Å². The minimum atomic E-state index is -3.63. The number of piperazine rings is 1. The zero-order chi connectivity index (χ0) is 18.1. The van der Waals surface area contributed by atoms with Gasteiger partial charge in [0, 0.05) is 42.8 Å². The molecule has 3 aromatic rings. The van der Waals surface area contributed by atoms with Crippen molar-refractivity contribution in [2.24, 2.45) is 0 Å². The van der Waals surface area contributed by atoms with Gasteiger partial charge in [0.1, 0.15) is 0 Å². The van der Waals surface area contributed by atoms with E-state index in [9.17, 15) is 8.42 Å². The van der Waals surface area contributed by atoms with Crippen LogP contribution in [-0.4, -0.2) is 39.6 Å². The van der Waals surface area contributed by atoms with Crippen molar-refractivity contribution in [2.45, 2.75) is 9.79 Å². The number of benzene rings is 2. The third kappa shape index (κ3) is 3.16. The second-order valence-electron chi connectivity index (χ2n) is 6.21. The van der Waals surface area contributed by atoms with Crippen molar-refractivity contribution >= 4 is 38.0 Å². The molecule has 0 radical (unpaired) electrons. The highest BCUT2D eigenvalue weighted by Gasteiger charge is 2.20. The predicted molar refractivity (Wildman–Crippen MR) is 104 cm³/mol. The summed E-state index contributed by atoms with van der Waals surface area (Å²) in [6, 6.07) is 13.7. The van der Waals surface area contributed by atoms with Crippen molar-refractivity contribution in [3.05, 3.63) is 59.8 Å². The average Bonchev–Trinajstić information content (AvgIpc) is 2.68. The Labute approximate surface area is 157 Å². The van der Waals surface area contributed by atoms with E-state index in [1.807, 2.05) is 18.2 Å². The van der Waals surface area contributed by atoms with E-state index >= 15 is 0 Å². The van der Waals surface area contributed by atoms with E-state index in [0.29, 0.717) is 5.02 Å². The maximum Gasteiger partial charge on any atom is 0.208 e. The highest BCUT2D eigenvalue weighted by Crippen LogP contribution is 2.29. The zero-order valence-electron chi connectivity index (χ0n) is 14.0. The number of nitrogens with zero attached hydrogens (tertiary/aromatic N) is 2. The van der Waals surface area contributed by atoms with Gasteiger partial charge in [-0.15, -0.1) is 0 Å². The van der Waals surface area contributed by atoms with Gasteiger partial charge < -0.3 is 10.2 Å². The van der Waals surface area contributed by atoms with Gasteiger partial charge in [0.15, 0.2) is 0 Å². The first kappa shape index (κ1) is 17.3. The lowest BCUT2D eigenvalue weighted by Crippen LogP contribution is -2.43. The molecule has 0 saturated carbocycles. The fourth-order valence-corrected chi connectivity index (χ4v) is 4.55. The summed E-state index contributed by atoms with van der Waals surface area (Å²) in [5, 5.41) is 4.65. The monoisotopic (exact) mass is 387 g/mol. The van der Waals surface area contributed by atoms with Gasteiger partial charge in [-0.25, -0.2) is 8.42 Å². The summed E-state index contributed by atoms with van der Waals surface area (Å²) in [6.45, 7) is 3.68. The first-order valence-corrected chi connectivity index (χ1v) is 10.3. The summed E-state index contributed by atoms with van der Waals surface area (Å²) in [4.78, 5) is 7.17. The molecule has 0 aliphatic carbocycles. The summed E-state index contributed by atoms with van der Waals surface area (Å²) in [7, 11) is -3.63. The Kier molecular flexibility index (Phi) is 4.56. The van der Waals surface area contributed by atoms with Gasteiger partial charge in [-0.1, -0.05) is 23.7 Å². The molecule has 0 atom stereocenters. The summed E-state index contributed by atoms with van der Waals surface area (Å²) in [5.74, 6) is 0. The highest BCUT2D eigenvalue weighted by molar-refractivity contribution is 7.91. The Bertz CT molecular complexity index is 1050. The van der Waals surface area contributed by atoms with E-state index < -0.39 is 9.84 Å². The van der Waals surface area contributed by atoms with Crippen molar-refractivity contribution in [1.82, 2.24) is 10.3 Å². The largest absolute Gasteiger partial charge is 0.367 e. The Morgan fingerprint density at radius 2 is 1.73 bits per heavy atom. The fraction of sp³-hybridized carbons (Fsp3) is 0.211. The molecule has 4 rings (SSSR count). The van der Waals surface area contributed by atoms with Gasteiger partial charge in [-0.3, -0.25) is 4.98 Å². The average molecular weight is 388 g/mol. The minimum absolute atomic E-state index is 0.185. The first-order chi connectivity index (χ1) is 12.6. The van der Waals surface area contributed by atoms with Crippen LogP contribution in [0.15, 0.2) is 64.5 Å². The molecule has 7 heteroatoms. The zero-order valence-corrected chi connectivity index (χ0v) is 15.6. The molecule has 1 N–H and O–H groups in total. The molecule has 0 unspecified atom stereocenters. The van der Waals surface area contributed by atoms with Gasteiger partial charge in [0.2, 0.25) is 9.84 Å². The molecular weight excluding hydrogens is 370 g/mol. The van der Waals surface area contributed by atoms with Crippen LogP contribution in [0.1, 0.15) is 0 Å². The van der Waals surface area contributed by atoms with Gasteiger partial charge in [-0.05, 0) is 36.4 Å². The number of hydrogen-bond donors (Lipinski definition) is 1. The van der Waals surface area contributed by atoms with Gasteiger partial charge in [-0.2, -0.15) is 0 Å². The molecule has 1 aromatic heterocycles. The molecule has 134 valence electrons. The summed E-state index contributed by atoms with van der Waals surface area (Å²) in [6.07, 6.45) is 1.44. The molecular formula is C19H18ClN3O2S. The Morgan fingerprint density at radius 1 is 1.00 bits per heavy atom. The van der Waals surface area contributed by atoms with Crippen LogP contribution in [0.5, 0.6) is 0 Å². The number of pyridine rings is 1. The number of halogens is 1. The smallest absolute Gasteiger partial charge is 0.208 e. The van der Waals surface area contributed by atoms with Crippen LogP contribution < -0.4 is 10.2 Å². The molecule has 1 fully saturated rings. The minimum Gasteiger partial charge on any atom is -0.367 e. The molecule has 1 aliphatic heterocycles. The second kappa shape index (κ2) is 6.87. The molecule has 2 heterocycles. The Morgan fingerprint density at radius 3 is 2.46 bits per heavy atom. The number of hydrogen-bond acceptors (Lipinski definition) is 5. The summed E-state index contributed by atoms with van der Waals surface area (Å²) < 4.78 is 25.7. The van der Waals surface area contributed by atoms with E-state index in [0.717, 1.165) is 42.8 Å². The third-order valence-corrected chi connectivity index (χ3v) is 6.55. The molecule has 2 aromatic carbocycles. The van der Waals surface area contributed by atoms with Crippen molar-refractivity contribution in [1.29, 1.82) is 0 Å². The van der Waals surface area contributed by atoms with Crippen LogP contribution in [0.4, 0.5) is 5.69 Å². The lowest BCUT2D eigenvalue weighted by atomic mass is 10.1. The number of rotatable bonds is 3.